The number of ether oxygens (including phenoxy) is 1. The van der Waals surface area contributed by atoms with Gasteiger partial charge in [0, 0.05) is 44.6 Å². The monoisotopic (exact) mass is 320 g/mol. The van der Waals surface area contributed by atoms with Crippen LogP contribution in [-0.2, 0) is 14.6 Å². The quantitative estimate of drug-likeness (QED) is 0.762. The van der Waals surface area contributed by atoms with Crippen LogP contribution in [0.1, 0.15) is 33.6 Å². The molecule has 1 fully saturated rings. The summed E-state index contributed by atoms with van der Waals surface area (Å²) in [6.07, 6.45) is 3.35. The Morgan fingerprint density at radius 2 is 1.81 bits per heavy atom. The highest BCUT2D eigenvalue weighted by Crippen LogP contribution is 2.31. The van der Waals surface area contributed by atoms with Crippen LogP contribution >= 0.6 is 0 Å². The smallest absolute Gasteiger partial charge is 0.148 e. The molecule has 0 aromatic heterocycles. The highest BCUT2D eigenvalue weighted by atomic mass is 32.2. The highest BCUT2D eigenvalue weighted by Gasteiger charge is 2.34. The first-order valence-corrected chi connectivity index (χ1v) is 9.77. The van der Waals surface area contributed by atoms with Crippen molar-refractivity contribution in [1.29, 1.82) is 0 Å². The topological polar surface area (TPSA) is 58.6 Å². The minimum absolute atomic E-state index is 0.0939. The van der Waals surface area contributed by atoms with Gasteiger partial charge in [-0.2, -0.15) is 0 Å². The molecule has 1 aliphatic rings. The molecule has 0 radical (unpaired) electrons. The van der Waals surface area contributed by atoms with Crippen LogP contribution in [0.2, 0.25) is 0 Å². The lowest BCUT2D eigenvalue weighted by Crippen LogP contribution is -2.51. The minimum atomic E-state index is -2.90. The predicted octanol–water partition coefficient (Wildman–Crippen LogP) is 1.15. The van der Waals surface area contributed by atoms with Crippen LogP contribution in [0, 0.1) is 5.41 Å². The highest BCUT2D eigenvalue weighted by molar-refractivity contribution is 7.90. The fraction of sp³-hybridized carbons (Fsp3) is 1.00. The summed E-state index contributed by atoms with van der Waals surface area (Å²) in [7, 11) is -0.884. The Morgan fingerprint density at radius 1 is 1.24 bits per heavy atom. The molecule has 0 atom stereocenters. The number of hydrogen-bond acceptors (Lipinski definition) is 5. The summed E-state index contributed by atoms with van der Waals surface area (Å²) < 4.78 is 28.1. The molecule has 1 N–H and O–H groups in total. The summed E-state index contributed by atoms with van der Waals surface area (Å²) >= 11 is 0. The molecule has 21 heavy (non-hydrogen) atoms. The van der Waals surface area contributed by atoms with E-state index in [4.69, 9.17) is 4.74 Å². The third-order valence-electron chi connectivity index (χ3n) is 4.00. The summed E-state index contributed by atoms with van der Waals surface area (Å²) in [4.78, 5) is 2.15. The van der Waals surface area contributed by atoms with E-state index in [1.807, 2.05) is 7.05 Å². The van der Waals surface area contributed by atoms with Crippen molar-refractivity contribution in [3.63, 3.8) is 0 Å². The molecule has 1 heterocycles. The van der Waals surface area contributed by atoms with Crippen molar-refractivity contribution >= 4 is 9.84 Å². The number of rotatable bonds is 7. The molecule has 1 aliphatic heterocycles. The standard InChI is InChI=1S/C15H32N2O3S/c1-14(2,3)16-12-15(6-9-20-10-7-15)13-17(4)8-11-21(5,18)19/h16H,6-13H2,1-5H3. The molecule has 126 valence electrons. The molecule has 0 saturated carbocycles. The Labute approximate surface area is 130 Å². The first kappa shape index (κ1) is 18.9. The summed E-state index contributed by atoms with van der Waals surface area (Å²) in [5.74, 6) is 0.225. The van der Waals surface area contributed by atoms with Gasteiger partial charge >= 0.3 is 0 Å². The van der Waals surface area contributed by atoms with Crippen molar-refractivity contribution in [2.24, 2.45) is 5.41 Å². The largest absolute Gasteiger partial charge is 0.381 e. The van der Waals surface area contributed by atoms with Gasteiger partial charge in [0.25, 0.3) is 0 Å². The van der Waals surface area contributed by atoms with Crippen LogP contribution in [0.3, 0.4) is 0 Å². The normalized spacial score (nSPS) is 19.9. The molecule has 0 bridgehead atoms. The second kappa shape index (κ2) is 7.40. The third-order valence-corrected chi connectivity index (χ3v) is 4.92. The fourth-order valence-corrected chi connectivity index (χ4v) is 3.26. The molecular formula is C15H32N2O3S. The van der Waals surface area contributed by atoms with Gasteiger partial charge in [-0.25, -0.2) is 8.42 Å². The van der Waals surface area contributed by atoms with Crippen LogP contribution in [0.4, 0.5) is 0 Å². The van der Waals surface area contributed by atoms with Gasteiger partial charge in [-0.05, 0) is 46.1 Å². The fourth-order valence-electron chi connectivity index (χ4n) is 2.62. The van der Waals surface area contributed by atoms with Gasteiger partial charge < -0.3 is 15.0 Å². The third kappa shape index (κ3) is 8.14. The van der Waals surface area contributed by atoms with Gasteiger partial charge in [0.15, 0.2) is 0 Å². The van der Waals surface area contributed by atoms with Crippen LogP contribution in [0.15, 0.2) is 0 Å². The van der Waals surface area contributed by atoms with Crippen molar-refractivity contribution in [1.82, 2.24) is 10.2 Å². The van der Waals surface area contributed by atoms with E-state index in [9.17, 15) is 8.42 Å². The van der Waals surface area contributed by atoms with Gasteiger partial charge in [-0.3, -0.25) is 0 Å². The van der Waals surface area contributed by atoms with Crippen LogP contribution in [0.25, 0.3) is 0 Å². The molecule has 0 amide bonds. The van der Waals surface area contributed by atoms with Gasteiger partial charge in [0.1, 0.15) is 9.84 Å². The van der Waals surface area contributed by atoms with E-state index in [0.717, 1.165) is 39.1 Å². The molecular weight excluding hydrogens is 288 g/mol. The maximum atomic E-state index is 11.3. The molecule has 0 aromatic rings. The van der Waals surface area contributed by atoms with E-state index in [-0.39, 0.29) is 16.7 Å². The predicted molar refractivity (Wildman–Crippen MR) is 87.4 cm³/mol. The van der Waals surface area contributed by atoms with Gasteiger partial charge in [-0.1, -0.05) is 0 Å². The maximum Gasteiger partial charge on any atom is 0.148 e. The van der Waals surface area contributed by atoms with Gasteiger partial charge in [0.05, 0.1) is 5.75 Å². The molecule has 6 heteroatoms. The van der Waals surface area contributed by atoms with Crippen LogP contribution < -0.4 is 5.32 Å². The van der Waals surface area contributed by atoms with E-state index in [1.54, 1.807) is 0 Å². The summed E-state index contributed by atoms with van der Waals surface area (Å²) in [5.41, 5.74) is 0.272. The number of hydrogen-bond donors (Lipinski definition) is 1. The van der Waals surface area contributed by atoms with Crippen molar-refractivity contribution in [3.8, 4) is 0 Å². The maximum absolute atomic E-state index is 11.3. The Morgan fingerprint density at radius 3 is 2.29 bits per heavy atom. The number of nitrogens with one attached hydrogen (secondary N) is 1. The van der Waals surface area contributed by atoms with Crippen molar-refractivity contribution in [2.45, 2.75) is 39.2 Å². The molecule has 0 aromatic carbocycles. The summed E-state index contributed by atoms with van der Waals surface area (Å²) in [6, 6.07) is 0. The van der Waals surface area contributed by atoms with E-state index in [0.29, 0.717) is 6.54 Å². The lowest BCUT2D eigenvalue weighted by atomic mass is 9.79. The molecule has 1 rings (SSSR count). The van der Waals surface area contributed by atoms with Crippen molar-refractivity contribution in [3.05, 3.63) is 0 Å². The minimum Gasteiger partial charge on any atom is -0.381 e. The zero-order valence-corrected chi connectivity index (χ0v) is 15.1. The first-order valence-electron chi connectivity index (χ1n) is 7.71. The van der Waals surface area contributed by atoms with Gasteiger partial charge in [0.2, 0.25) is 0 Å². The number of nitrogens with zero attached hydrogens (tertiary/aromatic N) is 1. The van der Waals surface area contributed by atoms with E-state index in [2.05, 4.69) is 31.0 Å². The molecule has 5 nitrogen and oxygen atoms in total. The Balaban J connectivity index is 2.60. The SMILES string of the molecule is CN(CCS(C)(=O)=O)CC1(CNC(C)(C)C)CCOCC1. The lowest BCUT2D eigenvalue weighted by molar-refractivity contribution is -0.00258. The zero-order valence-electron chi connectivity index (χ0n) is 14.2. The average molecular weight is 320 g/mol. The van der Waals surface area contributed by atoms with E-state index < -0.39 is 9.84 Å². The second-order valence-corrected chi connectivity index (χ2v) is 9.84. The number of sulfone groups is 1. The van der Waals surface area contributed by atoms with E-state index >= 15 is 0 Å². The van der Waals surface area contributed by atoms with E-state index in [1.165, 1.54) is 6.26 Å². The average Bonchev–Trinajstić information content (AvgIpc) is 2.34. The summed E-state index contributed by atoms with van der Waals surface area (Å²) in [6.45, 7) is 10.6. The van der Waals surface area contributed by atoms with Crippen molar-refractivity contribution < 1.29 is 13.2 Å². The molecule has 0 unspecified atom stereocenters. The van der Waals surface area contributed by atoms with Crippen LogP contribution in [-0.4, -0.2) is 70.8 Å². The van der Waals surface area contributed by atoms with Crippen molar-refractivity contribution in [2.75, 3.05) is 51.9 Å². The zero-order chi connectivity index (χ0) is 16.1. The Hall–Kier alpha value is -0.170. The first-order chi connectivity index (χ1) is 9.52. The van der Waals surface area contributed by atoms with Gasteiger partial charge in [-0.15, -0.1) is 0 Å². The Bertz CT molecular complexity index is 409. The molecule has 0 spiro atoms. The summed E-state index contributed by atoms with van der Waals surface area (Å²) in [5, 5.41) is 3.61. The Kier molecular flexibility index (Phi) is 6.65. The lowest BCUT2D eigenvalue weighted by Gasteiger charge is -2.42. The van der Waals surface area contributed by atoms with Crippen LogP contribution in [0.5, 0.6) is 0 Å². The second-order valence-electron chi connectivity index (χ2n) is 7.58. The molecule has 0 aliphatic carbocycles. The molecule has 1 saturated heterocycles.